The number of hydrogen-bond donors (Lipinski definition) is 1. The second-order valence-electron chi connectivity index (χ2n) is 10.0. The molecule has 0 bridgehead atoms. The minimum absolute atomic E-state index is 0.0149. The van der Waals surface area contributed by atoms with Crippen molar-refractivity contribution in [2.24, 2.45) is 23.2 Å². The van der Waals surface area contributed by atoms with Crippen molar-refractivity contribution in [3.05, 3.63) is 24.3 Å². The van der Waals surface area contributed by atoms with Gasteiger partial charge in [0.1, 0.15) is 6.61 Å². The van der Waals surface area contributed by atoms with E-state index in [1.807, 2.05) is 13.0 Å². The second-order valence-corrected chi connectivity index (χ2v) is 12.4. The zero-order valence-electron chi connectivity index (χ0n) is 19.8. The molecule has 0 spiro atoms. The van der Waals surface area contributed by atoms with E-state index >= 15 is 0 Å². The molecule has 3 atom stereocenters. The van der Waals surface area contributed by atoms with Crippen LogP contribution in [0.3, 0.4) is 0 Å². The standard InChI is InChI=1S/C23H38N2O5Si/c1-8-9-29-22(28)25-12-16(13-25)10-15(2)19(26)11-18-20(21(27)24-18)17(23(3,4)5)14-30-31(6)7/h8,10,16-18,20,31H,1,9,11-14H2,2-7H3,(H,24,27)/t17-,18-,20+/m1/s1. The monoisotopic (exact) mass is 450 g/mol. The lowest BCUT2D eigenvalue weighted by atomic mass is 9.66. The zero-order chi connectivity index (χ0) is 23.3. The third-order valence-electron chi connectivity index (χ3n) is 6.04. The van der Waals surface area contributed by atoms with Gasteiger partial charge in [-0.05, 0) is 36.9 Å². The smallest absolute Gasteiger partial charge is 0.410 e. The largest absolute Gasteiger partial charge is 0.445 e. The molecule has 2 heterocycles. The number of ether oxygens (including phenoxy) is 1. The van der Waals surface area contributed by atoms with Gasteiger partial charge in [-0.25, -0.2) is 4.79 Å². The normalized spacial score (nSPS) is 23.0. The highest BCUT2D eigenvalue weighted by atomic mass is 28.3. The summed E-state index contributed by atoms with van der Waals surface area (Å²) >= 11 is 0. The molecule has 0 aromatic heterocycles. The molecule has 31 heavy (non-hydrogen) atoms. The summed E-state index contributed by atoms with van der Waals surface area (Å²) < 4.78 is 11.0. The number of ketones is 1. The van der Waals surface area contributed by atoms with E-state index in [0.29, 0.717) is 31.7 Å². The summed E-state index contributed by atoms with van der Waals surface area (Å²) in [6.45, 7) is 17.8. The molecule has 174 valence electrons. The Balaban J connectivity index is 1.92. The number of nitrogens with one attached hydrogen (secondary N) is 1. The molecule has 0 unspecified atom stereocenters. The summed E-state index contributed by atoms with van der Waals surface area (Å²) in [7, 11) is -1.19. The fraction of sp³-hybridized carbons (Fsp3) is 0.696. The molecule has 8 heteroatoms. The number of nitrogens with zero attached hydrogens (tertiary/aromatic N) is 1. The van der Waals surface area contributed by atoms with Crippen molar-refractivity contribution in [3.63, 3.8) is 0 Å². The van der Waals surface area contributed by atoms with E-state index in [1.54, 1.807) is 4.90 Å². The molecule has 7 nitrogen and oxygen atoms in total. The van der Waals surface area contributed by atoms with E-state index < -0.39 is 9.04 Å². The fourth-order valence-corrected chi connectivity index (χ4v) is 4.67. The van der Waals surface area contributed by atoms with Gasteiger partial charge in [-0.15, -0.1) is 0 Å². The lowest BCUT2D eigenvalue weighted by Crippen LogP contribution is -2.63. The van der Waals surface area contributed by atoms with Gasteiger partial charge >= 0.3 is 6.09 Å². The van der Waals surface area contributed by atoms with Crippen molar-refractivity contribution < 1.29 is 23.5 Å². The topological polar surface area (TPSA) is 84.9 Å². The molecule has 0 saturated carbocycles. The highest BCUT2D eigenvalue weighted by molar-refractivity contribution is 6.48. The number of amides is 2. The quantitative estimate of drug-likeness (QED) is 0.239. The lowest BCUT2D eigenvalue weighted by Gasteiger charge is -2.46. The predicted molar refractivity (Wildman–Crippen MR) is 123 cm³/mol. The molecule has 0 radical (unpaired) electrons. The van der Waals surface area contributed by atoms with E-state index in [9.17, 15) is 14.4 Å². The number of likely N-dealkylation sites (tertiary alicyclic amines) is 1. The summed E-state index contributed by atoms with van der Waals surface area (Å²) in [5.74, 6) is 0.0672. The van der Waals surface area contributed by atoms with Crippen molar-refractivity contribution in [1.82, 2.24) is 10.2 Å². The van der Waals surface area contributed by atoms with Crippen molar-refractivity contribution >= 4 is 26.8 Å². The highest BCUT2D eigenvalue weighted by Crippen LogP contribution is 2.39. The summed E-state index contributed by atoms with van der Waals surface area (Å²) in [6, 6.07) is -0.156. The van der Waals surface area contributed by atoms with Crippen molar-refractivity contribution in [2.75, 3.05) is 26.3 Å². The van der Waals surface area contributed by atoms with E-state index in [0.717, 1.165) is 0 Å². The molecule has 1 N–H and O–H groups in total. The molecular formula is C23H38N2O5Si. The van der Waals surface area contributed by atoms with Crippen LogP contribution < -0.4 is 5.32 Å². The van der Waals surface area contributed by atoms with E-state index in [2.05, 4.69) is 45.8 Å². The summed E-state index contributed by atoms with van der Waals surface area (Å²) in [4.78, 5) is 38.6. The molecule has 2 rings (SSSR count). The van der Waals surface area contributed by atoms with Crippen molar-refractivity contribution in [3.8, 4) is 0 Å². The molecule has 0 aromatic rings. The third-order valence-corrected chi connectivity index (χ3v) is 6.90. The Hall–Kier alpha value is -1.93. The highest BCUT2D eigenvalue weighted by Gasteiger charge is 2.49. The number of hydrogen-bond acceptors (Lipinski definition) is 5. The molecule has 2 fully saturated rings. The van der Waals surface area contributed by atoms with Crippen molar-refractivity contribution in [2.45, 2.75) is 53.3 Å². The van der Waals surface area contributed by atoms with Gasteiger partial charge in [0.2, 0.25) is 5.91 Å². The van der Waals surface area contributed by atoms with Crippen LogP contribution >= 0.6 is 0 Å². The minimum atomic E-state index is -1.19. The Morgan fingerprint density at radius 1 is 1.32 bits per heavy atom. The number of allylic oxidation sites excluding steroid dienone is 1. The van der Waals surface area contributed by atoms with Crippen LogP contribution in [0.4, 0.5) is 4.79 Å². The van der Waals surface area contributed by atoms with Gasteiger partial charge in [0.15, 0.2) is 14.8 Å². The van der Waals surface area contributed by atoms with E-state index in [-0.39, 0.29) is 53.6 Å². The van der Waals surface area contributed by atoms with Crippen LogP contribution in [0.25, 0.3) is 0 Å². The van der Waals surface area contributed by atoms with Gasteiger partial charge < -0.3 is 19.4 Å². The molecule has 2 amide bonds. The van der Waals surface area contributed by atoms with Gasteiger partial charge in [0, 0.05) is 38.1 Å². The Kier molecular flexibility index (Phi) is 8.65. The zero-order valence-corrected chi connectivity index (χ0v) is 20.9. The SMILES string of the molecule is C=CCOC(=O)N1CC(C=C(C)C(=O)C[C@H]2NC(=O)[C@H]2[C@@H](CO[SiH](C)C)C(C)(C)C)C1. The van der Waals surface area contributed by atoms with Gasteiger partial charge in [-0.2, -0.15) is 0 Å². The van der Waals surface area contributed by atoms with Crippen molar-refractivity contribution in [1.29, 1.82) is 0 Å². The maximum atomic E-state index is 12.8. The first-order valence-electron chi connectivity index (χ1n) is 11.1. The Morgan fingerprint density at radius 3 is 2.48 bits per heavy atom. The molecule has 2 aliphatic rings. The Morgan fingerprint density at radius 2 is 1.97 bits per heavy atom. The number of carbonyl (C=O) groups is 3. The average molecular weight is 451 g/mol. The molecule has 0 aromatic carbocycles. The number of carbonyl (C=O) groups excluding carboxylic acids is 3. The van der Waals surface area contributed by atoms with Gasteiger partial charge in [-0.3, -0.25) is 9.59 Å². The van der Waals surface area contributed by atoms with Crippen LogP contribution in [0.5, 0.6) is 0 Å². The Labute approximate surface area is 187 Å². The molecular weight excluding hydrogens is 412 g/mol. The number of β-lactam (4-membered cyclic amide) rings is 1. The second kappa shape index (κ2) is 10.6. The van der Waals surface area contributed by atoms with Gasteiger partial charge in [-0.1, -0.05) is 39.5 Å². The summed E-state index contributed by atoms with van der Waals surface area (Å²) in [5.41, 5.74) is 0.593. The summed E-state index contributed by atoms with van der Waals surface area (Å²) in [5, 5.41) is 2.93. The van der Waals surface area contributed by atoms with Crippen LogP contribution in [0.15, 0.2) is 24.3 Å². The first kappa shape index (κ1) is 25.3. The van der Waals surface area contributed by atoms with E-state index in [4.69, 9.17) is 9.16 Å². The van der Waals surface area contributed by atoms with Crippen LogP contribution in [0.2, 0.25) is 13.1 Å². The van der Waals surface area contributed by atoms with E-state index in [1.165, 1.54) is 6.08 Å². The molecule has 2 aliphatic heterocycles. The summed E-state index contributed by atoms with van der Waals surface area (Å²) in [6.07, 6.45) is 3.41. The fourth-order valence-electron chi connectivity index (χ4n) is 4.08. The molecule has 2 saturated heterocycles. The third kappa shape index (κ3) is 6.77. The number of rotatable bonds is 10. The van der Waals surface area contributed by atoms with Crippen LogP contribution in [-0.4, -0.2) is 64.1 Å². The van der Waals surface area contributed by atoms with Crippen LogP contribution in [0, 0.1) is 23.2 Å². The van der Waals surface area contributed by atoms with Crippen LogP contribution in [0.1, 0.15) is 34.1 Å². The van der Waals surface area contributed by atoms with Gasteiger partial charge in [0.05, 0.1) is 5.92 Å². The molecule has 0 aliphatic carbocycles. The first-order valence-corrected chi connectivity index (χ1v) is 13.9. The maximum Gasteiger partial charge on any atom is 0.410 e. The van der Waals surface area contributed by atoms with Crippen LogP contribution in [-0.2, 0) is 18.8 Å². The lowest BCUT2D eigenvalue weighted by molar-refractivity contribution is -0.143. The minimum Gasteiger partial charge on any atom is -0.445 e. The first-order chi connectivity index (χ1) is 14.4. The maximum absolute atomic E-state index is 12.8. The average Bonchev–Trinajstić information content (AvgIpc) is 2.63. The Bertz CT molecular complexity index is 722. The van der Waals surface area contributed by atoms with Gasteiger partial charge in [0.25, 0.3) is 0 Å². The predicted octanol–water partition coefficient (Wildman–Crippen LogP) is 2.92. The number of Topliss-reactive ketones (excluding diaryl/α,β-unsaturated/α-hetero) is 1.